The van der Waals surface area contributed by atoms with Crippen LogP contribution in [0, 0.1) is 5.82 Å². The van der Waals surface area contributed by atoms with Crippen molar-refractivity contribution in [1.82, 2.24) is 0 Å². The van der Waals surface area contributed by atoms with Gasteiger partial charge in [-0.25, -0.2) is 4.39 Å². The minimum Gasteiger partial charge on any atom is -0.396 e. The summed E-state index contributed by atoms with van der Waals surface area (Å²) < 4.78 is 13.2. The first-order valence-electron chi connectivity index (χ1n) is 6.29. The van der Waals surface area contributed by atoms with Gasteiger partial charge in [0, 0.05) is 18.1 Å². The van der Waals surface area contributed by atoms with E-state index in [0.717, 1.165) is 30.4 Å². The van der Waals surface area contributed by atoms with Crippen molar-refractivity contribution in [2.75, 3.05) is 6.61 Å². The molecule has 0 spiro atoms. The highest BCUT2D eigenvalue weighted by atomic mass is 19.1. The van der Waals surface area contributed by atoms with Crippen molar-refractivity contribution in [3.63, 3.8) is 0 Å². The van der Waals surface area contributed by atoms with Crippen LogP contribution in [0.2, 0.25) is 0 Å². The molecule has 2 rings (SSSR count). The molecule has 0 aromatic heterocycles. The van der Waals surface area contributed by atoms with Crippen LogP contribution in [0.4, 0.5) is 4.39 Å². The molecule has 0 amide bonds. The molecule has 94 valence electrons. The molecule has 1 aromatic carbocycles. The van der Waals surface area contributed by atoms with Crippen molar-refractivity contribution in [3.8, 4) is 0 Å². The van der Waals surface area contributed by atoms with Crippen LogP contribution in [-0.2, 0) is 11.8 Å². The zero-order valence-corrected chi connectivity index (χ0v) is 10.2. The molecule has 2 nitrogen and oxygen atoms in total. The second kappa shape index (κ2) is 4.75. The fraction of sp³-hybridized carbons (Fsp3) is 0.571. The van der Waals surface area contributed by atoms with Gasteiger partial charge in [-0.05, 0) is 48.9 Å². The highest BCUT2D eigenvalue weighted by Crippen LogP contribution is 2.44. The predicted molar refractivity (Wildman–Crippen MR) is 66.4 cm³/mol. The van der Waals surface area contributed by atoms with Gasteiger partial charge in [-0.3, -0.25) is 0 Å². The molecule has 0 saturated carbocycles. The largest absolute Gasteiger partial charge is 0.396 e. The Morgan fingerprint density at radius 2 is 2.29 bits per heavy atom. The Morgan fingerprint density at radius 1 is 1.53 bits per heavy atom. The van der Waals surface area contributed by atoms with E-state index in [0.29, 0.717) is 6.42 Å². The molecule has 0 radical (unpaired) electrons. The second-order valence-electron chi connectivity index (χ2n) is 4.95. The zero-order valence-electron chi connectivity index (χ0n) is 10.2. The van der Waals surface area contributed by atoms with Crippen molar-refractivity contribution < 1.29 is 9.50 Å². The van der Waals surface area contributed by atoms with Crippen LogP contribution in [0.25, 0.3) is 0 Å². The molecule has 2 atom stereocenters. The molecule has 0 aliphatic heterocycles. The average Bonchev–Trinajstić information content (AvgIpc) is 2.68. The van der Waals surface area contributed by atoms with Crippen LogP contribution in [0.3, 0.4) is 0 Å². The minimum absolute atomic E-state index is 0.0290. The summed E-state index contributed by atoms with van der Waals surface area (Å²) in [6, 6.07) is 4.99. The Labute approximate surface area is 102 Å². The van der Waals surface area contributed by atoms with Crippen LogP contribution < -0.4 is 5.73 Å². The first-order chi connectivity index (χ1) is 8.14. The summed E-state index contributed by atoms with van der Waals surface area (Å²) in [5.74, 6) is -0.186. The maximum atomic E-state index is 13.2. The van der Waals surface area contributed by atoms with E-state index in [1.165, 1.54) is 6.07 Å². The first kappa shape index (κ1) is 12.5. The van der Waals surface area contributed by atoms with E-state index in [2.05, 4.69) is 6.92 Å². The summed E-state index contributed by atoms with van der Waals surface area (Å²) in [5.41, 5.74) is 8.29. The summed E-state index contributed by atoms with van der Waals surface area (Å²) >= 11 is 0. The summed E-state index contributed by atoms with van der Waals surface area (Å²) in [7, 11) is 0. The summed E-state index contributed by atoms with van der Waals surface area (Å²) in [4.78, 5) is 0. The number of halogens is 1. The molecule has 0 saturated heterocycles. The van der Waals surface area contributed by atoms with Crippen LogP contribution in [0.15, 0.2) is 18.2 Å². The molecule has 1 aliphatic carbocycles. The van der Waals surface area contributed by atoms with E-state index in [4.69, 9.17) is 5.73 Å². The van der Waals surface area contributed by atoms with Gasteiger partial charge in [-0.2, -0.15) is 0 Å². The summed E-state index contributed by atoms with van der Waals surface area (Å²) in [5, 5.41) is 9.29. The van der Waals surface area contributed by atoms with Gasteiger partial charge in [-0.1, -0.05) is 13.0 Å². The SMILES string of the molecule is CCC(N)C1(CCO)CCc2cc(F)ccc21. The fourth-order valence-electron chi connectivity index (χ4n) is 3.17. The zero-order chi connectivity index (χ0) is 12.5. The maximum absolute atomic E-state index is 13.2. The van der Waals surface area contributed by atoms with Crippen LogP contribution in [0.1, 0.15) is 37.3 Å². The number of aliphatic hydroxyl groups is 1. The van der Waals surface area contributed by atoms with E-state index in [-0.39, 0.29) is 23.9 Å². The van der Waals surface area contributed by atoms with Crippen molar-refractivity contribution in [2.24, 2.45) is 5.73 Å². The summed E-state index contributed by atoms with van der Waals surface area (Å²) in [6.07, 6.45) is 3.32. The van der Waals surface area contributed by atoms with Gasteiger partial charge in [0.2, 0.25) is 0 Å². The van der Waals surface area contributed by atoms with E-state index in [1.54, 1.807) is 6.07 Å². The monoisotopic (exact) mass is 237 g/mol. The molecule has 0 bridgehead atoms. The van der Waals surface area contributed by atoms with Gasteiger partial charge >= 0.3 is 0 Å². The highest BCUT2D eigenvalue weighted by molar-refractivity contribution is 5.41. The Kier molecular flexibility index (Phi) is 3.50. The van der Waals surface area contributed by atoms with E-state index < -0.39 is 0 Å². The maximum Gasteiger partial charge on any atom is 0.123 e. The molecule has 3 N–H and O–H groups in total. The quantitative estimate of drug-likeness (QED) is 0.842. The summed E-state index contributed by atoms with van der Waals surface area (Å²) in [6.45, 7) is 2.19. The van der Waals surface area contributed by atoms with Crippen LogP contribution >= 0.6 is 0 Å². The lowest BCUT2D eigenvalue weighted by molar-refractivity contribution is 0.210. The van der Waals surface area contributed by atoms with Crippen LogP contribution in [0.5, 0.6) is 0 Å². The molecule has 0 fully saturated rings. The van der Waals surface area contributed by atoms with Gasteiger partial charge < -0.3 is 10.8 Å². The average molecular weight is 237 g/mol. The van der Waals surface area contributed by atoms with Gasteiger partial charge in [0.15, 0.2) is 0 Å². The van der Waals surface area contributed by atoms with E-state index in [9.17, 15) is 9.50 Å². The number of rotatable bonds is 4. The molecule has 17 heavy (non-hydrogen) atoms. The standard InChI is InChI=1S/C14H20FNO/c1-2-13(16)14(7-8-17)6-5-10-9-11(15)3-4-12(10)14/h3-4,9,13,17H,2,5-8,16H2,1H3. The van der Waals surface area contributed by atoms with Gasteiger partial charge in [0.25, 0.3) is 0 Å². The predicted octanol–water partition coefficient (Wildman–Crippen LogP) is 2.13. The lowest BCUT2D eigenvalue weighted by atomic mass is 9.72. The number of aliphatic hydroxyl groups excluding tert-OH is 1. The number of hydrogen-bond donors (Lipinski definition) is 2. The molecule has 3 heteroatoms. The Morgan fingerprint density at radius 3 is 2.94 bits per heavy atom. The number of fused-ring (bicyclic) bond motifs is 1. The minimum atomic E-state index is -0.186. The van der Waals surface area contributed by atoms with Gasteiger partial charge in [0.05, 0.1) is 0 Å². The highest BCUT2D eigenvalue weighted by Gasteiger charge is 2.42. The third-order valence-electron chi connectivity index (χ3n) is 4.15. The number of benzene rings is 1. The third kappa shape index (κ3) is 1.98. The van der Waals surface area contributed by atoms with Crippen molar-refractivity contribution in [1.29, 1.82) is 0 Å². The van der Waals surface area contributed by atoms with E-state index in [1.807, 2.05) is 6.07 Å². The third-order valence-corrected chi connectivity index (χ3v) is 4.15. The lowest BCUT2D eigenvalue weighted by Crippen LogP contribution is -2.44. The molecule has 0 heterocycles. The number of aryl methyl sites for hydroxylation is 1. The normalized spacial score (nSPS) is 24.7. The van der Waals surface area contributed by atoms with Crippen LogP contribution in [-0.4, -0.2) is 17.8 Å². The van der Waals surface area contributed by atoms with Gasteiger partial charge in [0.1, 0.15) is 5.82 Å². The van der Waals surface area contributed by atoms with Crippen molar-refractivity contribution in [2.45, 2.75) is 44.1 Å². The number of nitrogens with two attached hydrogens (primary N) is 1. The van der Waals surface area contributed by atoms with Crippen molar-refractivity contribution >= 4 is 0 Å². The Balaban J connectivity index is 2.45. The van der Waals surface area contributed by atoms with E-state index >= 15 is 0 Å². The van der Waals surface area contributed by atoms with Gasteiger partial charge in [-0.15, -0.1) is 0 Å². The Bertz CT molecular complexity index is 407. The molecular weight excluding hydrogens is 217 g/mol. The molecule has 1 aromatic rings. The molecule has 1 aliphatic rings. The lowest BCUT2D eigenvalue weighted by Gasteiger charge is -2.35. The molecular formula is C14H20FNO. The first-order valence-corrected chi connectivity index (χ1v) is 6.29. The van der Waals surface area contributed by atoms with Crippen molar-refractivity contribution in [3.05, 3.63) is 35.1 Å². The topological polar surface area (TPSA) is 46.2 Å². The second-order valence-corrected chi connectivity index (χ2v) is 4.95. The number of hydrogen-bond acceptors (Lipinski definition) is 2. The Hall–Kier alpha value is -0.930. The molecule has 2 unspecified atom stereocenters. The fourth-order valence-corrected chi connectivity index (χ4v) is 3.17. The smallest absolute Gasteiger partial charge is 0.123 e.